The highest BCUT2D eigenvalue weighted by atomic mass is 19.1. The predicted octanol–water partition coefficient (Wildman–Crippen LogP) is 7.88. The monoisotopic (exact) mass is 584 g/mol. The van der Waals surface area contributed by atoms with Crippen molar-refractivity contribution in [1.82, 2.24) is 19.4 Å². The van der Waals surface area contributed by atoms with E-state index in [2.05, 4.69) is 87.8 Å². The predicted molar refractivity (Wildman–Crippen MR) is 179 cm³/mol. The largest absolute Gasteiger partial charge is 0.360 e. The number of hydrogen-bond donors (Lipinski definition) is 1. The fourth-order valence-corrected chi connectivity index (χ4v) is 5.89. The van der Waals surface area contributed by atoms with E-state index in [1.807, 2.05) is 12.1 Å². The number of imidazole rings is 1. The molecule has 1 saturated heterocycles. The van der Waals surface area contributed by atoms with Crippen molar-refractivity contribution in [3.05, 3.63) is 47.7 Å². The van der Waals surface area contributed by atoms with E-state index >= 15 is 0 Å². The molecule has 0 bridgehead atoms. The number of aromatic nitrogens is 2. The maximum atomic E-state index is 13.6. The molecule has 7 heteroatoms. The number of fused-ring (bicyclic) bond motifs is 1. The normalized spacial score (nSPS) is 17.1. The third kappa shape index (κ3) is 9.31. The lowest BCUT2D eigenvalue weighted by atomic mass is 9.97. The van der Waals surface area contributed by atoms with Crippen LogP contribution in [0.4, 0.5) is 10.2 Å². The van der Waals surface area contributed by atoms with E-state index in [1.54, 1.807) is 0 Å². The van der Waals surface area contributed by atoms with Gasteiger partial charge in [0.05, 0.1) is 5.54 Å². The van der Waals surface area contributed by atoms with Gasteiger partial charge in [0.25, 0.3) is 0 Å². The summed E-state index contributed by atoms with van der Waals surface area (Å²) < 4.78 is 16.0. The van der Waals surface area contributed by atoms with E-state index in [0.29, 0.717) is 6.54 Å². The molecule has 0 unspecified atom stereocenters. The minimum atomic E-state index is -0.296. The van der Waals surface area contributed by atoms with Gasteiger partial charge in [-0.2, -0.15) is 0 Å². The second-order valence-electron chi connectivity index (χ2n) is 12.5. The van der Waals surface area contributed by atoms with Crippen molar-refractivity contribution < 1.29 is 4.39 Å². The van der Waals surface area contributed by atoms with Gasteiger partial charge < -0.3 is 25.0 Å². The van der Waals surface area contributed by atoms with Crippen molar-refractivity contribution in [2.75, 3.05) is 51.2 Å². The average Bonchev–Trinajstić information content (AvgIpc) is 3.36. The number of allylic oxidation sites excluding steroid dienone is 1. The van der Waals surface area contributed by atoms with Crippen molar-refractivity contribution in [3.63, 3.8) is 0 Å². The molecule has 2 aliphatic heterocycles. The topological polar surface area (TPSA) is 53.6 Å². The first-order valence-corrected chi connectivity index (χ1v) is 16.6. The molecule has 1 fully saturated rings. The first kappa shape index (κ1) is 35.8. The Morgan fingerprint density at radius 2 is 1.57 bits per heavy atom. The highest BCUT2D eigenvalue weighted by molar-refractivity contribution is 5.74. The molecule has 2 aromatic rings. The summed E-state index contributed by atoms with van der Waals surface area (Å²) in [5.74, 6) is 2.95. The summed E-state index contributed by atoms with van der Waals surface area (Å²) in [5.41, 5.74) is 8.90. The third-order valence-electron chi connectivity index (χ3n) is 8.12. The van der Waals surface area contributed by atoms with Crippen LogP contribution in [0.25, 0.3) is 11.3 Å². The molecule has 4 rings (SSSR count). The standard InChI is InChI=1S/C25H38FN5.C7H15N.C3H8/c1-6-9-21(18-27)31-17-16-30-23(29(14-7-2)15-8-3)22(28-24(30)25(31,4)5)19-10-12-20(26)13-11-19;1-7-3-5-8(2)6-4-7;1-3-2/h9-13H,6-8,14-18,27H2,1-5H3;7H,3-6H2,1-2H3;3H2,1-2H3/b21-9+;;. The van der Waals surface area contributed by atoms with Crippen LogP contribution in [0, 0.1) is 11.7 Å². The molecular weight excluding hydrogens is 523 g/mol. The number of benzene rings is 1. The van der Waals surface area contributed by atoms with E-state index in [-0.39, 0.29) is 11.4 Å². The molecule has 0 spiro atoms. The van der Waals surface area contributed by atoms with Crippen molar-refractivity contribution in [3.8, 4) is 11.3 Å². The van der Waals surface area contributed by atoms with Gasteiger partial charge in [-0.05, 0) is 96.3 Å². The molecule has 0 amide bonds. The summed E-state index contributed by atoms with van der Waals surface area (Å²) in [7, 11) is 2.20. The highest BCUT2D eigenvalue weighted by Gasteiger charge is 2.40. The Morgan fingerprint density at radius 1 is 1.00 bits per heavy atom. The van der Waals surface area contributed by atoms with Crippen LogP contribution in [0.1, 0.15) is 99.7 Å². The van der Waals surface area contributed by atoms with Gasteiger partial charge in [-0.15, -0.1) is 0 Å². The van der Waals surface area contributed by atoms with E-state index < -0.39 is 0 Å². The zero-order valence-electron chi connectivity index (χ0n) is 28.3. The fourth-order valence-electron chi connectivity index (χ4n) is 5.89. The van der Waals surface area contributed by atoms with Gasteiger partial charge in [-0.25, -0.2) is 9.37 Å². The molecule has 238 valence electrons. The Kier molecular flexibility index (Phi) is 15.1. The molecule has 2 N–H and O–H groups in total. The van der Waals surface area contributed by atoms with Crippen LogP contribution in [-0.4, -0.2) is 65.7 Å². The minimum Gasteiger partial charge on any atom is -0.360 e. The molecule has 42 heavy (non-hydrogen) atoms. The molecule has 3 heterocycles. The molecule has 0 aliphatic carbocycles. The minimum absolute atomic E-state index is 0.225. The molecular formula is C35H61FN6. The molecule has 0 atom stereocenters. The number of likely N-dealkylation sites (tertiary alicyclic amines) is 1. The third-order valence-corrected chi connectivity index (χ3v) is 8.12. The van der Waals surface area contributed by atoms with Gasteiger partial charge in [0.1, 0.15) is 23.2 Å². The number of nitrogens with zero attached hydrogens (tertiary/aromatic N) is 5. The van der Waals surface area contributed by atoms with E-state index in [4.69, 9.17) is 10.7 Å². The molecule has 1 aromatic carbocycles. The first-order valence-electron chi connectivity index (χ1n) is 16.6. The van der Waals surface area contributed by atoms with Crippen molar-refractivity contribution in [2.24, 2.45) is 11.7 Å². The number of anilines is 1. The quantitative estimate of drug-likeness (QED) is 0.325. The smallest absolute Gasteiger partial charge is 0.137 e. The molecule has 0 saturated carbocycles. The lowest BCUT2D eigenvalue weighted by molar-refractivity contribution is 0.117. The Labute approximate surface area is 257 Å². The lowest BCUT2D eigenvalue weighted by Gasteiger charge is -2.45. The maximum absolute atomic E-state index is 13.6. The Bertz CT molecular complexity index is 1050. The van der Waals surface area contributed by atoms with Crippen LogP contribution in [0.15, 0.2) is 36.0 Å². The van der Waals surface area contributed by atoms with Gasteiger partial charge >= 0.3 is 0 Å². The van der Waals surface area contributed by atoms with E-state index in [9.17, 15) is 4.39 Å². The van der Waals surface area contributed by atoms with Gasteiger partial charge in [-0.3, -0.25) is 0 Å². The van der Waals surface area contributed by atoms with Crippen LogP contribution in [0.5, 0.6) is 0 Å². The van der Waals surface area contributed by atoms with Gasteiger partial charge in [0.15, 0.2) is 0 Å². The second-order valence-corrected chi connectivity index (χ2v) is 12.5. The van der Waals surface area contributed by atoms with Crippen molar-refractivity contribution >= 4 is 5.82 Å². The lowest BCUT2D eigenvalue weighted by Crippen LogP contribution is -2.50. The zero-order chi connectivity index (χ0) is 31.3. The number of hydrogen-bond acceptors (Lipinski definition) is 5. The van der Waals surface area contributed by atoms with Gasteiger partial charge in [0.2, 0.25) is 0 Å². The maximum Gasteiger partial charge on any atom is 0.137 e. The first-order chi connectivity index (χ1) is 20.1. The van der Waals surface area contributed by atoms with Crippen LogP contribution < -0.4 is 10.6 Å². The van der Waals surface area contributed by atoms with Crippen molar-refractivity contribution in [2.45, 2.75) is 106 Å². The summed E-state index contributed by atoms with van der Waals surface area (Å²) in [5, 5.41) is 0. The van der Waals surface area contributed by atoms with Crippen LogP contribution >= 0.6 is 0 Å². The van der Waals surface area contributed by atoms with Gasteiger partial charge in [-0.1, -0.05) is 54.0 Å². The molecule has 1 aromatic heterocycles. The van der Waals surface area contributed by atoms with Crippen LogP contribution in [0.3, 0.4) is 0 Å². The number of nitrogens with two attached hydrogens (primary N) is 1. The Morgan fingerprint density at radius 3 is 2.05 bits per heavy atom. The molecule has 0 radical (unpaired) electrons. The molecule has 2 aliphatic rings. The summed E-state index contributed by atoms with van der Waals surface area (Å²) >= 11 is 0. The van der Waals surface area contributed by atoms with Crippen LogP contribution in [-0.2, 0) is 12.1 Å². The SMILES string of the molecule is CC/C=C(\CN)N1CCn2c(nc(-c3ccc(F)cc3)c2N(CCC)CCC)C1(C)C.CC1CCN(C)CC1.CCC. The Hall–Kier alpha value is -2.38. The van der Waals surface area contributed by atoms with Crippen molar-refractivity contribution in [1.29, 1.82) is 0 Å². The summed E-state index contributed by atoms with van der Waals surface area (Å²) in [4.78, 5) is 12.5. The number of piperidine rings is 1. The average molecular weight is 585 g/mol. The highest BCUT2D eigenvalue weighted by Crippen LogP contribution is 2.41. The Balaban J connectivity index is 0.000000471. The number of halogens is 1. The van der Waals surface area contributed by atoms with Crippen LogP contribution in [0.2, 0.25) is 0 Å². The second kappa shape index (κ2) is 17.7. The number of rotatable bonds is 9. The zero-order valence-corrected chi connectivity index (χ0v) is 28.3. The molecule has 6 nitrogen and oxygen atoms in total. The fraction of sp³-hybridized carbons (Fsp3) is 0.686. The van der Waals surface area contributed by atoms with E-state index in [0.717, 1.165) is 74.3 Å². The van der Waals surface area contributed by atoms with E-state index in [1.165, 1.54) is 50.2 Å². The summed E-state index contributed by atoms with van der Waals surface area (Å²) in [6.07, 6.45) is 9.36. The summed E-state index contributed by atoms with van der Waals surface area (Å²) in [6, 6.07) is 6.73. The summed E-state index contributed by atoms with van der Waals surface area (Å²) in [6.45, 7) is 24.4. The van der Waals surface area contributed by atoms with Gasteiger partial charge in [0, 0.05) is 44.0 Å².